The van der Waals surface area contributed by atoms with Gasteiger partial charge in [0.1, 0.15) is 5.58 Å². The first-order valence-electron chi connectivity index (χ1n) is 30.9. The van der Waals surface area contributed by atoms with Gasteiger partial charge in [0.15, 0.2) is 11.6 Å². The number of hydrogen-bond acceptors (Lipinski definition) is 8. The van der Waals surface area contributed by atoms with Crippen molar-refractivity contribution >= 4 is 72.3 Å². The van der Waals surface area contributed by atoms with Crippen molar-refractivity contribution in [2.24, 2.45) is 0 Å². The van der Waals surface area contributed by atoms with E-state index in [0.717, 1.165) is 36.1 Å². The Morgan fingerprint density at radius 3 is 1.81 bits per heavy atom. The molecule has 0 saturated carbocycles. The lowest BCUT2D eigenvalue weighted by molar-refractivity contribution is 0.590. The number of furan rings is 1. The Labute approximate surface area is 510 Å². The van der Waals surface area contributed by atoms with Crippen LogP contribution in [0.3, 0.4) is 0 Å². The number of nitrogen functional groups attached to an aromatic ring is 1. The molecule has 0 amide bonds. The number of nitrogens with two attached hydrogens (primary N) is 1. The van der Waals surface area contributed by atoms with Crippen molar-refractivity contribution < 1.29 is 4.42 Å². The molecule has 0 aliphatic carbocycles. The van der Waals surface area contributed by atoms with Crippen LogP contribution in [0.15, 0.2) is 163 Å². The quantitative estimate of drug-likeness (QED) is 0.0860. The molecule has 8 aromatic heterocycles. The molecule has 86 heavy (non-hydrogen) atoms. The lowest BCUT2D eigenvalue weighted by Crippen LogP contribution is -2.10. The number of rotatable bonds is 6. The van der Waals surface area contributed by atoms with Crippen LogP contribution < -0.4 is 16.4 Å². The summed E-state index contributed by atoms with van der Waals surface area (Å²) in [5, 5.41) is 10.6. The number of fused-ring (bicyclic) bond motifs is 7. The van der Waals surface area contributed by atoms with E-state index in [1.165, 1.54) is 101 Å². The van der Waals surface area contributed by atoms with Crippen LogP contribution in [0, 0.1) is 0 Å². The summed E-state index contributed by atoms with van der Waals surface area (Å²) < 4.78 is 5.25. The summed E-state index contributed by atoms with van der Waals surface area (Å²) in [7, 11) is 0. The molecule has 4 aromatic carbocycles. The molecule has 2 aliphatic heterocycles. The third-order valence-electron chi connectivity index (χ3n) is 15.8. The predicted molar refractivity (Wildman–Crippen MR) is 366 cm³/mol. The van der Waals surface area contributed by atoms with E-state index in [2.05, 4.69) is 245 Å². The van der Waals surface area contributed by atoms with Gasteiger partial charge in [0.05, 0.1) is 34.2 Å². The summed E-state index contributed by atoms with van der Waals surface area (Å²) in [5.41, 5.74) is 28.1. The Balaban J connectivity index is 0.000000130. The second-order valence-corrected chi connectivity index (χ2v) is 25.3. The zero-order valence-electron chi connectivity index (χ0n) is 53.6. The minimum atomic E-state index is 0.275. The van der Waals surface area contributed by atoms with Gasteiger partial charge in [-0.1, -0.05) is 146 Å². The van der Waals surface area contributed by atoms with Gasteiger partial charge in [0.25, 0.3) is 0 Å². The molecule has 0 saturated heterocycles. The highest BCUT2D eigenvalue weighted by Gasteiger charge is 2.18. The summed E-state index contributed by atoms with van der Waals surface area (Å²) >= 11 is 0. The number of benzene rings is 4. The fraction of sp³-hybridized carbons (Fsp3) is 0.351. The van der Waals surface area contributed by atoms with Crippen LogP contribution >= 0.6 is 0 Å². The van der Waals surface area contributed by atoms with Gasteiger partial charge in [-0.2, -0.15) is 4.98 Å². The zero-order chi connectivity index (χ0) is 61.7. The number of para-hydroxylation sites is 1. The third-order valence-corrected chi connectivity index (χ3v) is 15.8. The standard InChI is InChI=1S/C12H17N.2C11H13N.C11H12O.C10H14N2.C10H12N2.C9H12N4/c1-12(2,3)10-4-5-11-9(8-10)6-7-13-11;1-8(2)9-3-4-11-10(7-9)5-6-12-11;1-8(2)10-5-3-4-9-6-7-12-11(9)10;1-8(2)9-3-4-11-10(7-9)5-6-12-11;2*1-7(2)8-3-5-11-9-4-6-12-10(8)9;1-5(2)6-3-4-11-8-7(6)12-9(10)13-8/h4-5,8,13H,6-7H2,1-3H3;2*3-8,12H,1-2H3;3-8H,1-2H3;3,5,7,12H,4,6H2,1-2H3;3-7,12H,1-2H3;3-5H,1-2H3,(H3,10,11,12,13). The van der Waals surface area contributed by atoms with E-state index in [-0.39, 0.29) is 5.41 Å². The molecule has 10 heterocycles. The SMILES string of the molecule is CC(C)(C)c1ccc2c(c1)CCN2.CC(C)c1ccc2[nH]ccc2c1.CC(C)c1ccc2occc2c1.CC(C)c1cccc2cc[nH]c12.CC(C)c1ccnc2c1NCC2.CC(C)c1ccnc2cc[nH]c12.CC(C)c1ccnc2nc(N)[nH]c12. The summed E-state index contributed by atoms with van der Waals surface area (Å²) in [6.45, 7) is 35.3. The second kappa shape index (κ2) is 29.0. The zero-order valence-corrected chi connectivity index (χ0v) is 53.6. The van der Waals surface area contributed by atoms with Crippen molar-refractivity contribution in [1.29, 1.82) is 0 Å². The molecule has 450 valence electrons. The van der Waals surface area contributed by atoms with Crippen molar-refractivity contribution in [2.75, 3.05) is 29.5 Å². The Morgan fingerprint density at radius 1 is 0.500 bits per heavy atom. The van der Waals surface area contributed by atoms with E-state index in [4.69, 9.17) is 10.2 Å². The molecule has 0 spiro atoms. The van der Waals surface area contributed by atoms with Gasteiger partial charge in [-0.15, -0.1) is 0 Å². The predicted octanol–water partition coefficient (Wildman–Crippen LogP) is 19.6. The van der Waals surface area contributed by atoms with E-state index in [0.29, 0.717) is 47.1 Å². The number of pyridine rings is 3. The Hall–Kier alpha value is -8.64. The van der Waals surface area contributed by atoms with Gasteiger partial charge in [-0.25, -0.2) is 4.98 Å². The first kappa shape index (κ1) is 63.4. The van der Waals surface area contributed by atoms with E-state index < -0.39 is 0 Å². The lowest BCUT2D eigenvalue weighted by atomic mass is 9.86. The first-order valence-corrected chi connectivity index (χ1v) is 30.9. The van der Waals surface area contributed by atoms with Gasteiger partial charge in [0, 0.05) is 78.8 Å². The van der Waals surface area contributed by atoms with Gasteiger partial charge in [-0.05, 0) is 175 Å². The Bertz CT molecular complexity index is 3900. The molecule has 14 rings (SSSR count). The van der Waals surface area contributed by atoms with Crippen LogP contribution in [0.5, 0.6) is 0 Å². The molecule has 0 bridgehead atoms. The molecular formula is C74H93N11O. The van der Waals surface area contributed by atoms with Crippen molar-refractivity contribution in [3.05, 3.63) is 209 Å². The minimum absolute atomic E-state index is 0.275. The number of H-pyrrole nitrogens is 4. The minimum Gasteiger partial charge on any atom is -0.464 e. The number of nitrogens with zero attached hydrogens (tertiary/aromatic N) is 4. The monoisotopic (exact) mass is 1150 g/mol. The smallest absolute Gasteiger partial charge is 0.200 e. The fourth-order valence-electron chi connectivity index (χ4n) is 10.7. The van der Waals surface area contributed by atoms with Crippen LogP contribution in [0.2, 0.25) is 0 Å². The molecule has 0 atom stereocenters. The van der Waals surface area contributed by atoms with Crippen LogP contribution in [0.25, 0.3) is 55.0 Å². The molecule has 8 N–H and O–H groups in total. The molecule has 12 heteroatoms. The highest BCUT2D eigenvalue weighted by atomic mass is 16.3. The molecule has 0 fully saturated rings. The highest BCUT2D eigenvalue weighted by molar-refractivity contribution is 5.83. The number of aromatic amines is 4. The summed E-state index contributed by atoms with van der Waals surface area (Å²) in [6.07, 6.45) is 15.4. The molecule has 2 aliphatic rings. The van der Waals surface area contributed by atoms with E-state index >= 15 is 0 Å². The maximum absolute atomic E-state index is 5.55. The summed E-state index contributed by atoms with van der Waals surface area (Å²) in [4.78, 5) is 29.5. The van der Waals surface area contributed by atoms with Crippen molar-refractivity contribution in [2.45, 2.75) is 158 Å². The third kappa shape index (κ3) is 16.2. The first-order chi connectivity index (χ1) is 41.2. The van der Waals surface area contributed by atoms with Gasteiger partial charge >= 0.3 is 0 Å². The van der Waals surface area contributed by atoms with Crippen LogP contribution in [-0.2, 0) is 18.3 Å². The van der Waals surface area contributed by atoms with E-state index in [1.54, 1.807) is 12.5 Å². The normalized spacial score (nSPS) is 12.3. The molecular weight excluding hydrogens is 1060 g/mol. The number of hydrogen-bond donors (Lipinski definition) is 7. The highest BCUT2D eigenvalue weighted by Crippen LogP contribution is 2.32. The van der Waals surface area contributed by atoms with E-state index in [9.17, 15) is 0 Å². The number of aromatic nitrogens is 8. The van der Waals surface area contributed by atoms with Gasteiger partial charge in [0.2, 0.25) is 0 Å². The Kier molecular flexibility index (Phi) is 21.3. The average molecular weight is 1150 g/mol. The number of nitrogens with one attached hydrogen (secondary N) is 6. The van der Waals surface area contributed by atoms with Crippen LogP contribution in [0.4, 0.5) is 17.3 Å². The van der Waals surface area contributed by atoms with E-state index in [1.807, 2.05) is 55.2 Å². The average Bonchev–Trinajstić information content (AvgIpc) is 4.15. The second-order valence-electron chi connectivity index (χ2n) is 25.3. The summed E-state index contributed by atoms with van der Waals surface area (Å²) in [5.74, 6) is 3.81. The fourth-order valence-corrected chi connectivity index (χ4v) is 10.7. The Morgan fingerprint density at radius 2 is 1.10 bits per heavy atom. The summed E-state index contributed by atoms with van der Waals surface area (Å²) in [6, 6.07) is 40.5. The van der Waals surface area contributed by atoms with Gasteiger partial charge < -0.3 is 40.7 Å². The van der Waals surface area contributed by atoms with Crippen molar-refractivity contribution in [3.8, 4) is 0 Å². The van der Waals surface area contributed by atoms with Gasteiger partial charge in [-0.3, -0.25) is 9.97 Å². The lowest BCUT2D eigenvalue weighted by Gasteiger charge is -2.19. The van der Waals surface area contributed by atoms with Crippen LogP contribution in [-0.4, -0.2) is 53.0 Å². The molecule has 12 aromatic rings. The maximum Gasteiger partial charge on any atom is 0.200 e. The van der Waals surface area contributed by atoms with Crippen molar-refractivity contribution in [3.63, 3.8) is 0 Å². The number of anilines is 3. The topological polar surface area (TPSA) is 178 Å². The maximum atomic E-state index is 5.55. The largest absolute Gasteiger partial charge is 0.464 e. The molecule has 12 nitrogen and oxygen atoms in total. The molecule has 0 radical (unpaired) electrons. The number of imidazole rings is 1. The van der Waals surface area contributed by atoms with Crippen LogP contribution in [0.1, 0.15) is 190 Å². The van der Waals surface area contributed by atoms with Crippen molar-refractivity contribution in [1.82, 2.24) is 39.9 Å². The molecule has 0 unspecified atom stereocenters.